The van der Waals surface area contributed by atoms with Crippen LogP contribution in [0.3, 0.4) is 0 Å². The maximum absolute atomic E-state index is 13.3. The summed E-state index contributed by atoms with van der Waals surface area (Å²) in [6, 6.07) is 13.8. The second kappa shape index (κ2) is 9.79. The first-order valence-electron chi connectivity index (χ1n) is 12.0. The van der Waals surface area contributed by atoms with Gasteiger partial charge >= 0.3 is 6.18 Å². The lowest BCUT2D eigenvalue weighted by Gasteiger charge is -2.39. The van der Waals surface area contributed by atoms with E-state index in [0.717, 1.165) is 37.0 Å². The molecule has 0 aromatic heterocycles. The number of sulfonamides is 1. The van der Waals surface area contributed by atoms with Crippen LogP contribution in [0.4, 0.5) is 18.9 Å². The Morgan fingerprint density at radius 1 is 1.03 bits per heavy atom. The first-order valence-corrected chi connectivity index (χ1v) is 13.6. The number of likely N-dealkylation sites (tertiary alicyclic amines) is 1. The Balaban J connectivity index is 1.34. The summed E-state index contributed by atoms with van der Waals surface area (Å²) in [6.45, 7) is 5.72. The highest BCUT2D eigenvalue weighted by Gasteiger charge is 2.53. The Kier molecular flexibility index (Phi) is 7.24. The molecule has 2 aromatic carbocycles. The Hall–Kier alpha value is -2.43. The highest BCUT2D eigenvalue weighted by Crippen LogP contribution is 2.49. The summed E-state index contributed by atoms with van der Waals surface area (Å²) in [5.74, 6) is -0.404. The van der Waals surface area contributed by atoms with Crippen LogP contribution in [-0.2, 0) is 26.7 Å². The second-order valence-corrected chi connectivity index (χ2v) is 12.5. The lowest BCUT2D eigenvalue weighted by atomic mass is 9.74. The number of hydrogen-bond donors (Lipinski definition) is 1. The minimum absolute atomic E-state index is 0.0326. The van der Waals surface area contributed by atoms with E-state index in [-0.39, 0.29) is 29.3 Å². The maximum Gasteiger partial charge on any atom is 0.416 e. The summed E-state index contributed by atoms with van der Waals surface area (Å²) < 4.78 is 67.0. The molecule has 2 saturated heterocycles. The summed E-state index contributed by atoms with van der Waals surface area (Å²) in [7, 11) is -3.50. The zero-order valence-electron chi connectivity index (χ0n) is 20.5. The van der Waals surface area contributed by atoms with Gasteiger partial charge in [0.05, 0.1) is 17.9 Å². The highest BCUT2D eigenvalue weighted by molar-refractivity contribution is 7.88. The van der Waals surface area contributed by atoms with Gasteiger partial charge in [0.1, 0.15) is 0 Å². The van der Waals surface area contributed by atoms with Gasteiger partial charge in [-0.2, -0.15) is 17.5 Å². The van der Waals surface area contributed by atoms with E-state index in [1.807, 2.05) is 49.1 Å². The molecule has 196 valence electrons. The number of carbonyl (C=O) groups is 1. The lowest BCUT2D eigenvalue weighted by Crippen LogP contribution is -2.45. The van der Waals surface area contributed by atoms with E-state index >= 15 is 0 Å². The van der Waals surface area contributed by atoms with Crippen LogP contribution >= 0.6 is 0 Å². The molecule has 2 aliphatic heterocycles. The van der Waals surface area contributed by atoms with Crippen LogP contribution in [0.5, 0.6) is 0 Å². The zero-order chi connectivity index (χ0) is 26.2. The average Bonchev–Trinajstić information content (AvgIpc) is 3.06. The molecule has 2 aromatic rings. The van der Waals surface area contributed by atoms with Crippen LogP contribution in [0, 0.1) is 5.41 Å². The summed E-state index contributed by atoms with van der Waals surface area (Å²) in [5, 5.41) is 2.56. The molecule has 2 fully saturated rings. The van der Waals surface area contributed by atoms with Crippen molar-refractivity contribution in [2.75, 3.05) is 31.5 Å². The maximum atomic E-state index is 13.3. The number of anilines is 1. The molecule has 0 bridgehead atoms. The normalized spacial score (nSPS) is 20.5. The van der Waals surface area contributed by atoms with Gasteiger partial charge in [-0.25, -0.2) is 8.42 Å². The van der Waals surface area contributed by atoms with Crippen molar-refractivity contribution in [2.24, 2.45) is 5.41 Å². The molecule has 2 heterocycles. The Labute approximate surface area is 210 Å². The number of alkyl halides is 3. The first-order chi connectivity index (χ1) is 16.8. The molecule has 1 spiro atoms. The van der Waals surface area contributed by atoms with E-state index in [4.69, 9.17) is 0 Å². The molecule has 10 heteroatoms. The van der Waals surface area contributed by atoms with E-state index < -0.39 is 27.3 Å². The van der Waals surface area contributed by atoms with Gasteiger partial charge in [-0.05, 0) is 75.4 Å². The summed E-state index contributed by atoms with van der Waals surface area (Å²) in [4.78, 5) is 14.5. The van der Waals surface area contributed by atoms with Crippen molar-refractivity contribution in [1.82, 2.24) is 9.21 Å². The number of hydrogen-bond acceptors (Lipinski definition) is 4. The van der Waals surface area contributed by atoms with Crippen molar-refractivity contribution in [2.45, 2.75) is 50.6 Å². The van der Waals surface area contributed by atoms with Gasteiger partial charge in [0.25, 0.3) is 0 Å². The van der Waals surface area contributed by atoms with Gasteiger partial charge in [0.15, 0.2) is 0 Å². The molecule has 6 nitrogen and oxygen atoms in total. The van der Waals surface area contributed by atoms with Gasteiger partial charge in [-0.3, -0.25) is 9.69 Å². The van der Waals surface area contributed by atoms with E-state index in [2.05, 4.69) is 5.32 Å². The molecule has 0 unspecified atom stereocenters. The molecular formula is C26H32F3N3O3S. The number of rotatable bonds is 6. The van der Waals surface area contributed by atoms with Crippen molar-refractivity contribution in [3.63, 3.8) is 0 Å². The third-order valence-corrected chi connectivity index (χ3v) is 9.24. The van der Waals surface area contributed by atoms with Crippen LogP contribution in [0.25, 0.3) is 0 Å². The van der Waals surface area contributed by atoms with Crippen molar-refractivity contribution in [3.8, 4) is 0 Å². The topological polar surface area (TPSA) is 69.7 Å². The number of nitrogens with zero attached hydrogens (tertiary/aromatic N) is 2. The molecule has 0 saturated carbocycles. The monoisotopic (exact) mass is 523 g/mol. The average molecular weight is 524 g/mol. The first kappa shape index (κ1) is 26.6. The van der Waals surface area contributed by atoms with Crippen molar-refractivity contribution < 1.29 is 26.4 Å². The molecule has 0 radical (unpaired) electrons. The number of carbonyl (C=O) groups excluding carboxylic acids is 1. The molecule has 36 heavy (non-hydrogen) atoms. The summed E-state index contributed by atoms with van der Waals surface area (Å²) >= 11 is 0. The SMILES string of the molecule is CC1(C)CC2(CCN(CC(=O)Nc3cccc(C(F)(F)F)c3)CC2)CN1S(=O)(=O)Cc1ccccc1. The smallest absolute Gasteiger partial charge is 0.325 e. The second-order valence-electron chi connectivity index (χ2n) is 10.6. The van der Waals surface area contributed by atoms with Crippen LogP contribution in [-0.4, -0.2) is 55.2 Å². The van der Waals surface area contributed by atoms with Crippen molar-refractivity contribution in [1.29, 1.82) is 0 Å². The standard InChI is InChI=1S/C26H32F3N3O3S/c1-24(2)18-25(19-32(24)36(34,35)17-20-7-4-3-5-8-20)11-13-31(14-12-25)16-23(33)30-22-10-6-9-21(15-22)26(27,28)29/h3-10,15H,11-14,16-19H2,1-2H3,(H,30,33). The molecule has 1 amide bonds. The number of benzene rings is 2. The quantitative estimate of drug-likeness (QED) is 0.594. The van der Waals surface area contributed by atoms with Crippen LogP contribution < -0.4 is 5.32 Å². The van der Waals surface area contributed by atoms with Gasteiger partial charge in [0, 0.05) is 17.8 Å². The predicted octanol–water partition coefficient (Wildman–Crippen LogP) is 4.74. The molecule has 0 aliphatic carbocycles. The minimum atomic E-state index is -4.47. The fourth-order valence-corrected chi connectivity index (χ4v) is 7.67. The number of halogens is 3. The Bertz CT molecular complexity index is 1190. The summed E-state index contributed by atoms with van der Waals surface area (Å²) in [6.07, 6.45) is -2.22. The predicted molar refractivity (Wildman–Crippen MR) is 133 cm³/mol. The molecule has 1 N–H and O–H groups in total. The third-order valence-electron chi connectivity index (χ3n) is 7.25. The number of nitrogens with one attached hydrogen (secondary N) is 1. The number of amides is 1. The molecular weight excluding hydrogens is 491 g/mol. The third kappa shape index (κ3) is 6.10. The lowest BCUT2D eigenvalue weighted by molar-refractivity contribution is -0.137. The fraction of sp³-hybridized carbons (Fsp3) is 0.500. The van der Waals surface area contributed by atoms with Crippen molar-refractivity contribution in [3.05, 3.63) is 65.7 Å². The minimum Gasteiger partial charge on any atom is -0.325 e. The van der Waals surface area contributed by atoms with E-state index in [0.29, 0.717) is 19.6 Å². The largest absolute Gasteiger partial charge is 0.416 e. The van der Waals surface area contributed by atoms with E-state index in [1.54, 1.807) is 4.31 Å². The van der Waals surface area contributed by atoms with Crippen LogP contribution in [0.15, 0.2) is 54.6 Å². The summed E-state index contributed by atoms with van der Waals surface area (Å²) in [5.41, 5.74) is -0.593. The number of piperidine rings is 1. The molecule has 0 atom stereocenters. The highest BCUT2D eigenvalue weighted by atomic mass is 32.2. The van der Waals surface area contributed by atoms with E-state index in [1.165, 1.54) is 12.1 Å². The van der Waals surface area contributed by atoms with Gasteiger partial charge < -0.3 is 5.32 Å². The molecule has 4 rings (SSSR count). The Morgan fingerprint density at radius 3 is 2.33 bits per heavy atom. The van der Waals surface area contributed by atoms with E-state index in [9.17, 15) is 26.4 Å². The fourth-order valence-electron chi connectivity index (χ4n) is 5.62. The van der Waals surface area contributed by atoms with Gasteiger partial charge in [-0.1, -0.05) is 36.4 Å². The Morgan fingerprint density at radius 2 is 1.69 bits per heavy atom. The zero-order valence-corrected chi connectivity index (χ0v) is 21.3. The van der Waals surface area contributed by atoms with Crippen LogP contribution in [0.2, 0.25) is 0 Å². The van der Waals surface area contributed by atoms with Gasteiger partial charge in [0.2, 0.25) is 15.9 Å². The van der Waals surface area contributed by atoms with Gasteiger partial charge in [-0.15, -0.1) is 0 Å². The molecule has 2 aliphatic rings. The van der Waals surface area contributed by atoms with Crippen LogP contribution in [0.1, 0.15) is 44.2 Å². The van der Waals surface area contributed by atoms with Crippen molar-refractivity contribution >= 4 is 21.6 Å².